The minimum absolute atomic E-state index is 0.0199. The van der Waals surface area contributed by atoms with Crippen LogP contribution in [-0.4, -0.2) is 28.5 Å². The van der Waals surface area contributed by atoms with Crippen molar-refractivity contribution in [3.8, 4) is 0 Å². The van der Waals surface area contributed by atoms with Crippen molar-refractivity contribution >= 4 is 33.4 Å². The Morgan fingerprint density at radius 2 is 1.91 bits per heavy atom. The summed E-state index contributed by atoms with van der Waals surface area (Å²) in [7, 11) is 1.76. The molecule has 4 nitrogen and oxygen atoms in total. The van der Waals surface area contributed by atoms with Gasteiger partial charge in [-0.3, -0.25) is 9.59 Å². The van der Waals surface area contributed by atoms with Crippen LogP contribution in [0, 0.1) is 0 Å². The van der Waals surface area contributed by atoms with Gasteiger partial charge in [-0.15, -0.1) is 0 Å². The molecule has 0 bridgehead atoms. The molecule has 0 radical (unpaired) electrons. The Labute approximate surface area is 148 Å². The number of pyridine rings is 1. The van der Waals surface area contributed by atoms with E-state index in [0.29, 0.717) is 5.02 Å². The number of carbonyl (C=O) groups excluding carboxylic acids is 1. The van der Waals surface area contributed by atoms with Gasteiger partial charge in [0, 0.05) is 34.8 Å². The maximum Gasteiger partial charge on any atom is 0.251 e. The number of carbonyl (C=O) groups is 1. The molecule has 0 saturated carbocycles. The Balaban J connectivity index is 2.02. The first-order valence-electron chi connectivity index (χ1n) is 7.23. The van der Waals surface area contributed by atoms with Crippen molar-refractivity contribution in [1.29, 1.82) is 0 Å². The zero-order valence-electron chi connectivity index (χ0n) is 13.0. The van der Waals surface area contributed by atoms with Crippen LogP contribution in [-0.2, 0) is 17.8 Å². The topological polar surface area (TPSA) is 42.3 Å². The molecule has 1 heterocycles. The number of rotatable bonds is 5. The summed E-state index contributed by atoms with van der Waals surface area (Å²) in [5, 5.41) is 0.694. The highest BCUT2D eigenvalue weighted by atomic mass is 79.9. The van der Waals surface area contributed by atoms with E-state index in [4.69, 9.17) is 11.6 Å². The van der Waals surface area contributed by atoms with Gasteiger partial charge >= 0.3 is 0 Å². The second-order valence-electron chi connectivity index (χ2n) is 5.50. The summed E-state index contributed by atoms with van der Waals surface area (Å²) < 4.78 is 2.17. The molecule has 0 aliphatic carbocycles. The fourth-order valence-corrected chi connectivity index (χ4v) is 2.73. The molecular formula is C17H18BrClN2O2. The highest BCUT2D eigenvalue weighted by molar-refractivity contribution is 9.10. The third-order valence-corrected chi connectivity index (χ3v) is 4.47. The first kappa shape index (κ1) is 17.8. The molecule has 122 valence electrons. The fraction of sp³-hybridized carbons (Fsp3) is 0.294. The van der Waals surface area contributed by atoms with E-state index in [0.717, 1.165) is 16.5 Å². The fourth-order valence-electron chi connectivity index (χ4n) is 2.23. The number of likely N-dealkylation sites (N-methyl/N-ethyl adjacent to an activating group) is 1. The van der Waals surface area contributed by atoms with E-state index < -0.39 is 0 Å². The average molecular weight is 398 g/mol. The van der Waals surface area contributed by atoms with Crippen LogP contribution in [0.5, 0.6) is 0 Å². The van der Waals surface area contributed by atoms with Crippen molar-refractivity contribution in [3.05, 3.63) is 68.0 Å². The van der Waals surface area contributed by atoms with Crippen molar-refractivity contribution in [3.63, 3.8) is 0 Å². The minimum Gasteiger partial charge on any atom is -0.341 e. The number of amides is 1. The number of hydrogen-bond donors (Lipinski definition) is 0. The molecule has 0 N–H and O–H groups in total. The van der Waals surface area contributed by atoms with Crippen LogP contribution in [0.4, 0.5) is 0 Å². The van der Waals surface area contributed by atoms with Crippen LogP contribution in [0.25, 0.3) is 0 Å². The van der Waals surface area contributed by atoms with Gasteiger partial charge in [-0.1, -0.05) is 23.7 Å². The molecule has 0 aliphatic rings. The number of nitrogens with zero attached hydrogens (tertiary/aromatic N) is 2. The largest absolute Gasteiger partial charge is 0.341 e. The molecule has 2 rings (SSSR count). The number of benzene rings is 1. The van der Waals surface area contributed by atoms with Gasteiger partial charge in [-0.2, -0.15) is 0 Å². The number of aromatic nitrogens is 1. The first-order chi connectivity index (χ1) is 10.9. The van der Waals surface area contributed by atoms with E-state index >= 15 is 0 Å². The van der Waals surface area contributed by atoms with E-state index in [-0.39, 0.29) is 24.1 Å². The summed E-state index contributed by atoms with van der Waals surface area (Å²) in [6.07, 6.45) is 2.35. The predicted molar refractivity (Wildman–Crippen MR) is 95.8 cm³/mol. The third-order valence-electron chi connectivity index (χ3n) is 3.75. The second-order valence-corrected chi connectivity index (χ2v) is 6.85. The lowest BCUT2D eigenvalue weighted by Gasteiger charge is -2.25. The molecule has 2 aromatic rings. The Morgan fingerprint density at radius 1 is 1.26 bits per heavy atom. The van der Waals surface area contributed by atoms with Gasteiger partial charge in [-0.05, 0) is 53.0 Å². The molecule has 23 heavy (non-hydrogen) atoms. The van der Waals surface area contributed by atoms with Crippen LogP contribution in [0.1, 0.15) is 12.5 Å². The van der Waals surface area contributed by atoms with Gasteiger partial charge in [0.25, 0.3) is 5.56 Å². The van der Waals surface area contributed by atoms with Gasteiger partial charge in [0.15, 0.2) is 0 Å². The zero-order valence-corrected chi connectivity index (χ0v) is 15.3. The van der Waals surface area contributed by atoms with E-state index in [9.17, 15) is 9.59 Å². The number of hydrogen-bond acceptors (Lipinski definition) is 2. The van der Waals surface area contributed by atoms with Crippen molar-refractivity contribution in [1.82, 2.24) is 9.47 Å². The monoisotopic (exact) mass is 396 g/mol. The molecule has 1 unspecified atom stereocenters. The summed E-state index contributed by atoms with van der Waals surface area (Å²) in [6, 6.07) is 10.7. The Morgan fingerprint density at radius 3 is 2.57 bits per heavy atom. The van der Waals surface area contributed by atoms with Gasteiger partial charge in [-0.25, -0.2) is 0 Å². The lowest BCUT2D eigenvalue weighted by atomic mass is 10.1. The summed E-state index contributed by atoms with van der Waals surface area (Å²) in [5.41, 5.74) is 0.918. The Hall–Kier alpha value is -1.59. The highest BCUT2D eigenvalue weighted by Crippen LogP contribution is 2.13. The molecular weight excluding hydrogens is 380 g/mol. The smallest absolute Gasteiger partial charge is 0.251 e. The molecule has 6 heteroatoms. The minimum atomic E-state index is -0.194. The first-order valence-corrected chi connectivity index (χ1v) is 8.40. The van der Waals surface area contributed by atoms with E-state index in [2.05, 4.69) is 15.9 Å². The zero-order chi connectivity index (χ0) is 17.0. The van der Waals surface area contributed by atoms with Gasteiger partial charge < -0.3 is 9.47 Å². The summed E-state index contributed by atoms with van der Waals surface area (Å²) >= 11 is 9.19. The summed E-state index contributed by atoms with van der Waals surface area (Å²) in [5.74, 6) is -0.105. The molecule has 1 atom stereocenters. The van der Waals surface area contributed by atoms with Crippen LogP contribution in [0.15, 0.2) is 51.9 Å². The van der Waals surface area contributed by atoms with E-state index in [1.54, 1.807) is 24.2 Å². The molecule has 1 aromatic heterocycles. The van der Waals surface area contributed by atoms with Crippen LogP contribution in [0.3, 0.4) is 0 Å². The third kappa shape index (κ3) is 4.94. The normalized spacial score (nSPS) is 12.0. The van der Waals surface area contributed by atoms with Crippen molar-refractivity contribution in [2.75, 3.05) is 7.05 Å². The molecule has 0 fully saturated rings. The van der Waals surface area contributed by atoms with E-state index in [1.165, 1.54) is 10.6 Å². The van der Waals surface area contributed by atoms with Gasteiger partial charge in [0.2, 0.25) is 5.91 Å². The summed E-state index contributed by atoms with van der Waals surface area (Å²) in [6.45, 7) is 2.01. The molecule has 0 spiro atoms. The maximum atomic E-state index is 12.4. The van der Waals surface area contributed by atoms with Gasteiger partial charge in [0.1, 0.15) is 6.54 Å². The predicted octanol–water partition coefficient (Wildman–Crippen LogP) is 3.35. The van der Waals surface area contributed by atoms with E-state index in [1.807, 2.05) is 31.2 Å². The quantitative estimate of drug-likeness (QED) is 0.776. The van der Waals surface area contributed by atoms with Crippen LogP contribution >= 0.6 is 27.5 Å². The summed E-state index contributed by atoms with van der Waals surface area (Å²) in [4.78, 5) is 25.8. The molecule has 0 saturated heterocycles. The standard InChI is InChI=1S/C17H18BrClN2O2/c1-12(9-13-3-6-15(19)7-4-13)20(2)17(23)11-21-10-14(18)5-8-16(21)22/h3-8,10,12H,9,11H2,1-2H3. The molecule has 1 aromatic carbocycles. The Bertz CT molecular complexity index is 743. The maximum absolute atomic E-state index is 12.4. The second kappa shape index (κ2) is 7.79. The van der Waals surface area contributed by atoms with Crippen molar-refractivity contribution < 1.29 is 4.79 Å². The lowest BCUT2D eigenvalue weighted by molar-refractivity contribution is -0.132. The number of halogens is 2. The highest BCUT2D eigenvalue weighted by Gasteiger charge is 2.17. The average Bonchev–Trinajstić information content (AvgIpc) is 2.52. The molecule has 1 amide bonds. The SMILES string of the molecule is CC(Cc1ccc(Cl)cc1)N(C)C(=O)Cn1cc(Br)ccc1=O. The van der Waals surface area contributed by atoms with Crippen molar-refractivity contribution in [2.24, 2.45) is 0 Å². The van der Waals surface area contributed by atoms with Gasteiger partial charge in [0.05, 0.1) is 0 Å². The van der Waals surface area contributed by atoms with Crippen LogP contribution in [0.2, 0.25) is 5.02 Å². The van der Waals surface area contributed by atoms with Crippen LogP contribution < -0.4 is 5.56 Å². The lowest BCUT2D eigenvalue weighted by Crippen LogP contribution is -2.40. The Kier molecular flexibility index (Phi) is 6.02. The van der Waals surface area contributed by atoms with Crippen molar-refractivity contribution in [2.45, 2.75) is 25.9 Å². The molecule has 0 aliphatic heterocycles.